The Labute approximate surface area is 179 Å². The van der Waals surface area contributed by atoms with E-state index < -0.39 is 27.5 Å². The molecule has 3 N–H and O–H groups in total. The summed E-state index contributed by atoms with van der Waals surface area (Å²) in [5.74, 6) is 0.196. The van der Waals surface area contributed by atoms with Crippen LogP contribution in [0.3, 0.4) is 0 Å². The van der Waals surface area contributed by atoms with Gasteiger partial charge in [0.1, 0.15) is 5.78 Å². The first-order chi connectivity index (χ1) is 14.2. The highest BCUT2D eigenvalue weighted by atomic mass is 32.2. The van der Waals surface area contributed by atoms with Crippen molar-refractivity contribution in [2.75, 3.05) is 5.75 Å². The van der Waals surface area contributed by atoms with Crippen molar-refractivity contribution >= 4 is 15.8 Å². The van der Waals surface area contributed by atoms with E-state index in [0.717, 1.165) is 17.5 Å². The Kier molecular flexibility index (Phi) is 5.37. The second-order valence-corrected chi connectivity index (χ2v) is 11.1. The number of Topliss-reactive ketones (excluding diaryl/α,β-unsaturated/α-hetero) is 1. The molecular weight excluding hydrogens is 396 g/mol. The summed E-state index contributed by atoms with van der Waals surface area (Å²) in [6.45, 7) is 4.10. The van der Waals surface area contributed by atoms with Crippen molar-refractivity contribution in [2.24, 2.45) is 22.5 Å². The summed E-state index contributed by atoms with van der Waals surface area (Å²) >= 11 is 0. The van der Waals surface area contributed by atoms with Crippen LogP contribution in [0.25, 0.3) is 0 Å². The van der Waals surface area contributed by atoms with Gasteiger partial charge < -0.3 is 5.73 Å². The van der Waals surface area contributed by atoms with Crippen LogP contribution < -0.4 is 10.5 Å². The molecule has 0 radical (unpaired) electrons. The minimum atomic E-state index is -3.76. The highest BCUT2D eigenvalue weighted by molar-refractivity contribution is 7.89. The molecule has 0 aliphatic heterocycles. The predicted molar refractivity (Wildman–Crippen MR) is 118 cm³/mol. The molecule has 2 saturated carbocycles. The first kappa shape index (κ1) is 21.2. The van der Waals surface area contributed by atoms with Crippen molar-refractivity contribution in [3.8, 4) is 0 Å². The van der Waals surface area contributed by atoms with Crippen molar-refractivity contribution in [3.05, 3.63) is 71.8 Å². The van der Waals surface area contributed by atoms with Gasteiger partial charge >= 0.3 is 0 Å². The van der Waals surface area contributed by atoms with Gasteiger partial charge in [-0.25, -0.2) is 13.1 Å². The normalized spacial score (nSPS) is 27.2. The molecule has 0 aromatic heterocycles. The second-order valence-electron chi connectivity index (χ2n) is 9.37. The topological polar surface area (TPSA) is 89.3 Å². The highest BCUT2D eigenvalue weighted by Gasteiger charge is 2.65. The molecule has 2 aliphatic rings. The minimum Gasteiger partial charge on any atom is -0.322 e. The summed E-state index contributed by atoms with van der Waals surface area (Å²) in [5, 5.41) is 0. The number of carbonyl (C=O) groups excluding carboxylic acids is 1. The molecule has 0 amide bonds. The number of sulfonamides is 1. The lowest BCUT2D eigenvalue weighted by atomic mass is 9.70. The molecule has 2 fully saturated rings. The van der Waals surface area contributed by atoms with Gasteiger partial charge in [-0.3, -0.25) is 4.79 Å². The monoisotopic (exact) mass is 426 g/mol. The number of fused-ring (bicyclic) bond motifs is 2. The Hall–Kier alpha value is -2.02. The van der Waals surface area contributed by atoms with Crippen LogP contribution in [-0.4, -0.2) is 20.0 Å². The van der Waals surface area contributed by atoms with Gasteiger partial charge in [0.05, 0.1) is 17.8 Å². The van der Waals surface area contributed by atoms with Gasteiger partial charge in [-0.1, -0.05) is 74.5 Å². The first-order valence-electron chi connectivity index (χ1n) is 10.6. The number of nitrogens with one attached hydrogen (secondary N) is 1. The quantitative estimate of drug-likeness (QED) is 0.706. The Morgan fingerprint density at radius 2 is 1.60 bits per heavy atom. The van der Waals surface area contributed by atoms with Gasteiger partial charge in [-0.2, -0.15) is 0 Å². The molecule has 0 heterocycles. The Morgan fingerprint density at radius 3 is 2.10 bits per heavy atom. The van der Waals surface area contributed by atoms with Crippen LogP contribution in [0.15, 0.2) is 60.7 Å². The third-order valence-electron chi connectivity index (χ3n) is 7.58. The van der Waals surface area contributed by atoms with Crippen LogP contribution in [0, 0.1) is 16.7 Å². The summed E-state index contributed by atoms with van der Waals surface area (Å²) in [6, 6.07) is 17.7. The number of nitrogens with two attached hydrogens (primary N) is 1. The SMILES string of the molecule is CC1(C)[C@H]2CC[C@@]1(CS(=O)(=O)N[C@@H](c1ccccc1)[C@@H](N)c1ccccc1)C(=O)C2. The van der Waals surface area contributed by atoms with Crippen molar-refractivity contribution < 1.29 is 13.2 Å². The van der Waals surface area contributed by atoms with Gasteiger partial charge in [0.15, 0.2) is 0 Å². The van der Waals surface area contributed by atoms with Crippen molar-refractivity contribution in [1.29, 1.82) is 0 Å². The number of benzene rings is 2. The van der Waals surface area contributed by atoms with Gasteiger partial charge in [-0.05, 0) is 35.3 Å². The molecule has 160 valence electrons. The summed E-state index contributed by atoms with van der Waals surface area (Å²) in [7, 11) is -3.76. The van der Waals surface area contributed by atoms with Crippen LogP contribution in [-0.2, 0) is 14.8 Å². The Balaban J connectivity index is 1.65. The summed E-state index contributed by atoms with van der Waals surface area (Å²) in [6.07, 6.45) is 2.05. The molecule has 2 aromatic carbocycles. The van der Waals surface area contributed by atoms with Gasteiger partial charge in [0, 0.05) is 11.8 Å². The third-order valence-corrected chi connectivity index (χ3v) is 9.07. The second kappa shape index (κ2) is 7.59. The summed E-state index contributed by atoms with van der Waals surface area (Å²) in [4.78, 5) is 12.8. The molecule has 2 aromatic rings. The zero-order valence-electron chi connectivity index (χ0n) is 17.5. The van der Waals surface area contributed by atoms with Crippen LogP contribution in [0.5, 0.6) is 0 Å². The maximum absolute atomic E-state index is 13.4. The van der Waals surface area contributed by atoms with Crippen LogP contribution in [0.4, 0.5) is 0 Å². The fraction of sp³-hybridized carbons (Fsp3) is 0.458. The van der Waals surface area contributed by atoms with E-state index in [1.54, 1.807) is 0 Å². The molecule has 0 spiro atoms. The molecule has 0 unspecified atom stereocenters. The van der Waals surface area contributed by atoms with Crippen molar-refractivity contribution in [1.82, 2.24) is 4.72 Å². The van der Waals surface area contributed by atoms with E-state index >= 15 is 0 Å². The summed E-state index contributed by atoms with van der Waals surface area (Å²) < 4.78 is 29.7. The largest absolute Gasteiger partial charge is 0.322 e. The average Bonchev–Trinajstić information content (AvgIpc) is 3.07. The molecule has 2 aliphatic carbocycles. The van der Waals surface area contributed by atoms with E-state index in [0.29, 0.717) is 12.8 Å². The Bertz CT molecular complexity index is 1020. The first-order valence-corrected chi connectivity index (χ1v) is 12.2. The smallest absolute Gasteiger partial charge is 0.213 e. The molecule has 4 atom stereocenters. The lowest BCUT2D eigenvalue weighted by Gasteiger charge is -2.37. The lowest BCUT2D eigenvalue weighted by Crippen LogP contribution is -2.47. The fourth-order valence-corrected chi connectivity index (χ4v) is 7.62. The number of hydrogen-bond acceptors (Lipinski definition) is 4. The molecule has 30 heavy (non-hydrogen) atoms. The average molecular weight is 427 g/mol. The third kappa shape index (κ3) is 3.51. The highest BCUT2D eigenvalue weighted by Crippen LogP contribution is 2.64. The van der Waals surface area contributed by atoms with Crippen LogP contribution >= 0.6 is 0 Å². The van der Waals surface area contributed by atoms with E-state index in [1.807, 2.05) is 60.7 Å². The fourth-order valence-electron chi connectivity index (χ4n) is 5.54. The molecule has 0 saturated heterocycles. The van der Waals surface area contributed by atoms with Gasteiger partial charge in [0.2, 0.25) is 10.0 Å². The summed E-state index contributed by atoms with van der Waals surface area (Å²) in [5.41, 5.74) is 7.09. The van der Waals surface area contributed by atoms with E-state index in [9.17, 15) is 13.2 Å². The molecule has 2 bridgehead atoms. The maximum atomic E-state index is 13.4. The van der Waals surface area contributed by atoms with Crippen LogP contribution in [0.2, 0.25) is 0 Å². The number of rotatable bonds is 7. The number of hydrogen-bond donors (Lipinski definition) is 2. The van der Waals surface area contributed by atoms with E-state index in [1.165, 1.54) is 0 Å². The van der Waals surface area contributed by atoms with Gasteiger partial charge in [0.25, 0.3) is 0 Å². The molecule has 6 heteroatoms. The van der Waals surface area contributed by atoms with E-state index in [2.05, 4.69) is 18.6 Å². The molecule has 4 rings (SSSR count). The molecular formula is C24H30N2O3S. The van der Waals surface area contributed by atoms with Crippen LogP contribution in [0.1, 0.15) is 56.3 Å². The van der Waals surface area contributed by atoms with E-state index in [-0.39, 0.29) is 22.9 Å². The van der Waals surface area contributed by atoms with Crippen molar-refractivity contribution in [2.45, 2.75) is 45.2 Å². The zero-order valence-corrected chi connectivity index (χ0v) is 18.4. The molecule has 5 nitrogen and oxygen atoms in total. The Morgan fingerprint density at radius 1 is 1.03 bits per heavy atom. The lowest BCUT2D eigenvalue weighted by molar-refractivity contribution is -0.128. The standard InChI is InChI=1S/C24H30N2O3S/c1-23(2)19-13-14-24(23,20(27)15-19)16-30(28,29)26-22(18-11-7-4-8-12-18)21(25)17-9-5-3-6-10-17/h3-12,19,21-22,26H,13-16,25H2,1-2H3/t19-,21-,22-,24+/m0/s1. The van der Waals surface area contributed by atoms with Gasteiger partial charge in [-0.15, -0.1) is 0 Å². The van der Waals surface area contributed by atoms with Crippen molar-refractivity contribution in [3.63, 3.8) is 0 Å². The maximum Gasteiger partial charge on any atom is 0.213 e. The predicted octanol–water partition coefficient (Wildman–Crippen LogP) is 3.74. The number of ketones is 1. The van der Waals surface area contributed by atoms with E-state index in [4.69, 9.17) is 5.73 Å². The number of carbonyl (C=O) groups is 1. The minimum absolute atomic E-state index is 0.0951. The zero-order chi connectivity index (χ0) is 21.6.